The SMILES string of the molecule is CS(=O)(=O)[O-].C[N+](C)(C)Cc1c[nH]c2ccccc12. The summed E-state index contributed by atoms with van der Waals surface area (Å²) < 4.78 is 28.2. The summed E-state index contributed by atoms with van der Waals surface area (Å²) >= 11 is 0. The second-order valence-electron chi connectivity index (χ2n) is 5.51. The van der Waals surface area contributed by atoms with Gasteiger partial charge in [0.15, 0.2) is 0 Å². The molecule has 0 bridgehead atoms. The van der Waals surface area contributed by atoms with E-state index in [1.165, 1.54) is 16.5 Å². The molecule has 0 aliphatic heterocycles. The number of fused-ring (bicyclic) bond motifs is 1. The fourth-order valence-corrected chi connectivity index (χ4v) is 1.77. The van der Waals surface area contributed by atoms with Crippen molar-refractivity contribution in [1.82, 2.24) is 4.98 Å². The van der Waals surface area contributed by atoms with Crippen molar-refractivity contribution >= 4 is 21.0 Å². The predicted molar refractivity (Wildman–Crippen MR) is 75.7 cm³/mol. The maximum atomic E-state index is 9.08. The Morgan fingerprint density at radius 1 is 1.21 bits per heavy atom. The lowest BCUT2D eigenvalue weighted by Gasteiger charge is -2.23. The Kier molecular flexibility index (Phi) is 4.73. The molecule has 2 rings (SSSR count). The summed E-state index contributed by atoms with van der Waals surface area (Å²) in [6, 6.07) is 8.45. The van der Waals surface area contributed by atoms with E-state index in [-0.39, 0.29) is 0 Å². The first-order valence-electron chi connectivity index (χ1n) is 5.82. The van der Waals surface area contributed by atoms with Gasteiger partial charge in [-0.25, -0.2) is 8.42 Å². The summed E-state index contributed by atoms with van der Waals surface area (Å²) in [7, 11) is 2.71. The zero-order valence-corrected chi connectivity index (χ0v) is 12.5. The Labute approximate surface area is 114 Å². The normalized spacial score (nSPS) is 12.1. The number of para-hydroxylation sites is 1. The van der Waals surface area contributed by atoms with E-state index >= 15 is 0 Å². The van der Waals surface area contributed by atoms with Gasteiger partial charge in [0, 0.05) is 28.9 Å². The largest absolute Gasteiger partial charge is 0.748 e. The van der Waals surface area contributed by atoms with E-state index in [9.17, 15) is 0 Å². The number of benzene rings is 1. The smallest absolute Gasteiger partial charge is 0.106 e. The molecule has 0 spiro atoms. The van der Waals surface area contributed by atoms with Gasteiger partial charge in [-0.15, -0.1) is 0 Å². The number of hydrogen-bond acceptors (Lipinski definition) is 3. The van der Waals surface area contributed by atoms with Crippen molar-refractivity contribution in [3.63, 3.8) is 0 Å². The molecule has 0 saturated carbocycles. The van der Waals surface area contributed by atoms with Crippen LogP contribution < -0.4 is 0 Å². The van der Waals surface area contributed by atoms with Gasteiger partial charge < -0.3 is 14.0 Å². The molecule has 1 aromatic heterocycles. The molecule has 6 heteroatoms. The van der Waals surface area contributed by atoms with Crippen LogP contribution in [0, 0.1) is 0 Å². The van der Waals surface area contributed by atoms with Crippen LogP contribution in [0.4, 0.5) is 0 Å². The van der Waals surface area contributed by atoms with Gasteiger partial charge in [-0.2, -0.15) is 0 Å². The van der Waals surface area contributed by atoms with Crippen LogP contribution in [-0.2, 0) is 16.7 Å². The fourth-order valence-electron chi connectivity index (χ4n) is 1.77. The van der Waals surface area contributed by atoms with Gasteiger partial charge in [0.2, 0.25) is 0 Å². The van der Waals surface area contributed by atoms with Crippen molar-refractivity contribution in [2.45, 2.75) is 6.54 Å². The van der Waals surface area contributed by atoms with Gasteiger partial charge >= 0.3 is 0 Å². The molecule has 0 saturated heterocycles. The number of hydrogen-bond donors (Lipinski definition) is 1. The molecule has 0 fully saturated rings. The molecule has 0 aliphatic rings. The maximum Gasteiger partial charge on any atom is 0.106 e. The highest BCUT2D eigenvalue weighted by Gasteiger charge is 2.11. The fraction of sp³-hybridized carbons (Fsp3) is 0.385. The number of rotatable bonds is 2. The minimum Gasteiger partial charge on any atom is -0.748 e. The first-order chi connectivity index (χ1) is 8.56. The number of nitrogens with zero attached hydrogens (tertiary/aromatic N) is 1. The Morgan fingerprint density at radius 3 is 2.26 bits per heavy atom. The van der Waals surface area contributed by atoms with Crippen LogP contribution in [0.2, 0.25) is 0 Å². The number of H-pyrrole nitrogens is 1. The average molecular weight is 284 g/mol. The third kappa shape index (κ3) is 6.37. The van der Waals surface area contributed by atoms with E-state index in [1.807, 2.05) is 0 Å². The van der Waals surface area contributed by atoms with Crippen LogP contribution in [-0.4, -0.2) is 49.8 Å². The summed E-state index contributed by atoms with van der Waals surface area (Å²) in [6.45, 7) is 1.06. The van der Waals surface area contributed by atoms with Crippen LogP contribution in [0.5, 0.6) is 0 Å². The third-order valence-corrected chi connectivity index (χ3v) is 2.32. The predicted octanol–water partition coefficient (Wildman–Crippen LogP) is 1.54. The van der Waals surface area contributed by atoms with E-state index in [0.29, 0.717) is 6.26 Å². The van der Waals surface area contributed by atoms with Gasteiger partial charge in [-0.1, -0.05) is 18.2 Å². The van der Waals surface area contributed by atoms with Gasteiger partial charge in [-0.05, 0) is 6.07 Å². The van der Waals surface area contributed by atoms with Crippen molar-refractivity contribution in [3.05, 3.63) is 36.0 Å². The molecule has 1 aromatic carbocycles. The van der Waals surface area contributed by atoms with Gasteiger partial charge in [0.05, 0.1) is 31.3 Å². The molecular formula is C13H20N2O3S. The van der Waals surface area contributed by atoms with E-state index < -0.39 is 10.1 Å². The highest BCUT2D eigenvalue weighted by atomic mass is 32.2. The number of nitrogens with one attached hydrogen (secondary N) is 1. The summed E-state index contributed by atoms with van der Waals surface area (Å²) in [6.07, 6.45) is 2.72. The molecule has 1 heterocycles. The zero-order valence-electron chi connectivity index (χ0n) is 11.7. The van der Waals surface area contributed by atoms with Crippen LogP contribution in [0.15, 0.2) is 30.5 Å². The lowest BCUT2D eigenvalue weighted by atomic mass is 10.1. The zero-order chi connectivity index (χ0) is 14.7. The van der Waals surface area contributed by atoms with E-state index in [4.69, 9.17) is 13.0 Å². The van der Waals surface area contributed by atoms with Crippen molar-refractivity contribution in [2.75, 3.05) is 27.4 Å². The Hall–Kier alpha value is -1.37. The maximum absolute atomic E-state index is 9.08. The summed E-state index contributed by atoms with van der Waals surface area (Å²) in [5, 5.41) is 1.35. The number of aromatic amines is 1. The molecule has 0 amide bonds. The van der Waals surface area contributed by atoms with Crippen molar-refractivity contribution in [2.24, 2.45) is 0 Å². The number of quaternary nitrogens is 1. The lowest BCUT2D eigenvalue weighted by molar-refractivity contribution is -0.883. The van der Waals surface area contributed by atoms with Gasteiger partial charge in [0.25, 0.3) is 0 Å². The quantitative estimate of drug-likeness (QED) is 0.671. The Bertz CT molecular complexity index is 631. The molecular weight excluding hydrogens is 264 g/mol. The Balaban J connectivity index is 0.000000312. The molecule has 106 valence electrons. The average Bonchev–Trinajstić information content (AvgIpc) is 2.57. The van der Waals surface area contributed by atoms with Crippen molar-refractivity contribution in [1.29, 1.82) is 0 Å². The van der Waals surface area contributed by atoms with Crippen LogP contribution >= 0.6 is 0 Å². The second kappa shape index (κ2) is 5.73. The number of aromatic nitrogens is 1. The van der Waals surface area contributed by atoms with E-state index in [2.05, 4.69) is 56.6 Å². The topological polar surface area (TPSA) is 73.0 Å². The molecule has 19 heavy (non-hydrogen) atoms. The molecule has 0 atom stereocenters. The van der Waals surface area contributed by atoms with E-state index in [0.717, 1.165) is 11.0 Å². The minimum atomic E-state index is -3.92. The van der Waals surface area contributed by atoms with Crippen LogP contribution in [0.3, 0.4) is 0 Å². The van der Waals surface area contributed by atoms with Gasteiger partial charge in [-0.3, -0.25) is 0 Å². The summed E-state index contributed by atoms with van der Waals surface area (Å²) in [5.41, 5.74) is 2.63. The van der Waals surface area contributed by atoms with E-state index in [1.54, 1.807) is 0 Å². The molecule has 0 unspecified atom stereocenters. The van der Waals surface area contributed by atoms with Crippen molar-refractivity contribution < 1.29 is 17.5 Å². The molecule has 1 N–H and O–H groups in total. The summed E-state index contributed by atoms with van der Waals surface area (Å²) in [5.74, 6) is 0. The minimum absolute atomic E-state index is 0.604. The van der Waals surface area contributed by atoms with Crippen molar-refractivity contribution in [3.8, 4) is 0 Å². The highest BCUT2D eigenvalue weighted by molar-refractivity contribution is 7.84. The lowest BCUT2D eigenvalue weighted by Crippen LogP contribution is -2.33. The third-order valence-electron chi connectivity index (χ3n) is 2.32. The van der Waals surface area contributed by atoms with Gasteiger partial charge in [0.1, 0.15) is 6.54 Å². The first kappa shape index (κ1) is 15.7. The molecule has 5 nitrogen and oxygen atoms in total. The molecule has 0 aliphatic carbocycles. The summed E-state index contributed by atoms with van der Waals surface area (Å²) in [4.78, 5) is 3.30. The molecule has 0 radical (unpaired) electrons. The van der Waals surface area contributed by atoms with Crippen LogP contribution in [0.25, 0.3) is 10.9 Å². The first-order valence-corrected chi connectivity index (χ1v) is 7.64. The standard InChI is InChI=1S/C12H17N2.CH4O3S/c1-14(2,3)9-10-8-13-12-7-5-4-6-11(10)12;1-5(2,3)4/h4-8,13H,9H2,1-3H3;1H3,(H,2,3,4)/q+1;/p-1. The molecule has 2 aromatic rings. The highest BCUT2D eigenvalue weighted by Crippen LogP contribution is 2.19. The monoisotopic (exact) mass is 284 g/mol. The van der Waals surface area contributed by atoms with Crippen LogP contribution in [0.1, 0.15) is 5.56 Å². The second-order valence-corrected chi connectivity index (χ2v) is 6.92. The Morgan fingerprint density at radius 2 is 1.74 bits per heavy atom.